The maximum atomic E-state index is 11.9. The number of nitrogens with zero attached hydrogens (tertiary/aromatic N) is 3. The molecular formula is C22H26N6O4. The highest BCUT2D eigenvalue weighted by molar-refractivity contribution is 5.86. The number of aromatic nitrogens is 3. The summed E-state index contributed by atoms with van der Waals surface area (Å²) >= 11 is 0. The van der Waals surface area contributed by atoms with Crippen molar-refractivity contribution < 1.29 is 19.0 Å². The molecule has 0 spiro atoms. The predicted molar refractivity (Wildman–Crippen MR) is 119 cm³/mol. The molecule has 1 amide bonds. The Labute approximate surface area is 185 Å². The molecule has 1 fully saturated rings. The van der Waals surface area contributed by atoms with Crippen LogP contribution in [0.2, 0.25) is 0 Å². The van der Waals surface area contributed by atoms with Gasteiger partial charge in [0, 0.05) is 25.2 Å². The number of unbranched alkanes of at least 4 members (excludes halogenated alkanes) is 1. The summed E-state index contributed by atoms with van der Waals surface area (Å²) in [6.45, 7) is 1.65. The van der Waals surface area contributed by atoms with E-state index in [9.17, 15) is 4.79 Å². The molecule has 3 heterocycles. The Morgan fingerprint density at radius 2 is 2.09 bits per heavy atom. The van der Waals surface area contributed by atoms with Gasteiger partial charge >= 0.3 is 6.09 Å². The molecule has 5 rings (SSSR count). The third kappa shape index (κ3) is 4.63. The number of amides is 1. The summed E-state index contributed by atoms with van der Waals surface area (Å²) in [6, 6.07) is 7.91. The number of hydrogen-bond donors (Lipinski definition) is 3. The van der Waals surface area contributed by atoms with Crippen LogP contribution < -0.4 is 25.8 Å². The zero-order valence-corrected chi connectivity index (χ0v) is 17.7. The van der Waals surface area contributed by atoms with Crippen molar-refractivity contribution in [3.8, 4) is 11.5 Å². The van der Waals surface area contributed by atoms with Crippen LogP contribution in [-0.2, 0) is 17.8 Å². The van der Waals surface area contributed by atoms with E-state index in [4.69, 9.17) is 19.9 Å². The smallest absolute Gasteiger partial charge is 0.407 e. The van der Waals surface area contributed by atoms with Gasteiger partial charge in [-0.15, -0.1) is 0 Å². The maximum Gasteiger partial charge on any atom is 0.407 e. The van der Waals surface area contributed by atoms with Gasteiger partial charge < -0.3 is 35.1 Å². The Kier molecular flexibility index (Phi) is 5.57. The minimum atomic E-state index is -0.444. The number of nitrogen functional groups attached to an aromatic ring is 1. The van der Waals surface area contributed by atoms with Crippen molar-refractivity contribution in [2.45, 2.75) is 44.8 Å². The lowest BCUT2D eigenvalue weighted by atomic mass is 10.2. The molecule has 1 aromatic carbocycles. The van der Waals surface area contributed by atoms with E-state index in [1.807, 2.05) is 28.8 Å². The summed E-state index contributed by atoms with van der Waals surface area (Å²) in [5.41, 5.74) is 9.17. The first-order valence-electron chi connectivity index (χ1n) is 10.8. The molecule has 1 saturated carbocycles. The summed E-state index contributed by atoms with van der Waals surface area (Å²) in [6.07, 6.45) is 5.20. The molecule has 168 valence electrons. The number of rotatable bonds is 9. The highest BCUT2D eigenvalue weighted by Gasteiger charge is 2.22. The van der Waals surface area contributed by atoms with Crippen LogP contribution in [0.5, 0.6) is 11.5 Å². The van der Waals surface area contributed by atoms with Crippen LogP contribution >= 0.6 is 0 Å². The van der Waals surface area contributed by atoms with Crippen LogP contribution in [0, 0.1) is 0 Å². The molecule has 1 aliphatic carbocycles. The van der Waals surface area contributed by atoms with E-state index in [2.05, 4.69) is 20.6 Å². The Morgan fingerprint density at radius 1 is 1.22 bits per heavy atom. The zero-order chi connectivity index (χ0) is 21.9. The lowest BCUT2D eigenvalue weighted by Crippen LogP contribution is -2.24. The lowest BCUT2D eigenvalue weighted by Gasteiger charge is -2.09. The maximum absolute atomic E-state index is 11.9. The third-order valence-corrected chi connectivity index (χ3v) is 5.43. The molecule has 10 nitrogen and oxygen atoms in total. The van der Waals surface area contributed by atoms with Crippen molar-refractivity contribution >= 4 is 28.8 Å². The number of carbonyl (C=O) groups is 1. The number of benzene rings is 1. The van der Waals surface area contributed by atoms with Gasteiger partial charge in [0.15, 0.2) is 17.1 Å². The lowest BCUT2D eigenvalue weighted by molar-refractivity contribution is 0.143. The molecule has 2 aliphatic rings. The SMILES string of the molecule is Nc1cc(NC2CC2)nc2c1ncn2CCCCOC(=O)NCc1ccc2c(c1)OCO2. The van der Waals surface area contributed by atoms with Crippen molar-refractivity contribution in [2.24, 2.45) is 0 Å². The van der Waals surface area contributed by atoms with Crippen LogP contribution in [0.3, 0.4) is 0 Å². The van der Waals surface area contributed by atoms with E-state index >= 15 is 0 Å². The van der Waals surface area contributed by atoms with E-state index < -0.39 is 6.09 Å². The van der Waals surface area contributed by atoms with Gasteiger partial charge in [-0.1, -0.05) is 6.07 Å². The minimum absolute atomic E-state index is 0.227. The molecule has 32 heavy (non-hydrogen) atoms. The summed E-state index contributed by atoms with van der Waals surface area (Å²) in [5, 5.41) is 6.13. The number of nitrogens with two attached hydrogens (primary N) is 1. The van der Waals surface area contributed by atoms with Gasteiger partial charge in [0.25, 0.3) is 0 Å². The molecule has 0 unspecified atom stereocenters. The van der Waals surface area contributed by atoms with Gasteiger partial charge in [-0.3, -0.25) is 0 Å². The van der Waals surface area contributed by atoms with Crippen LogP contribution in [0.15, 0.2) is 30.6 Å². The fraction of sp³-hybridized carbons (Fsp3) is 0.409. The first-order valence-corrected chi connectivity index (χ1v) is 10.8. The third-order valence-electron chi connectivity index (χ3n) is 5.43. The van der Waals surface area contributed by atoms with Gasteiger partial charge in [-0.25, -0.2) is 14.8 Å². The van der Waals surface area contributed by atoms with Crippen LogP contribution in [0.25, 0.3) is 11.2 Å². The van der Waals surface area contributed by atoms with Crippen molar-refractivity contribution in [3.63, 3.8) is 0 Å². The highest BCUT2D eigenvalue weighted by atomic mass is 16.7. The van der Waals surface area contributed by atoms with Crippen molar-refractivity contribution in [3.05, 3.63) is 36.2 Å². The van der Waals surface area contributed by atoms with Gasteiger partial charge in [-0.05, 0) is 43.4 Å². The normalized spacial score (nSPS) is 14.5. The molecule has 0 atom stereocenters. The second-order valence-electron chi connectivity index (χ2n) is 8.01. The highest BCUT2D eigenvalue weighted by Crippen LogP contribution is 2.32. The molecule has 0 radical (unpaired) electrons. The Morgan fingerprint density at radius 3 is 2.97 bits per heavy atom. The fourth-order valence-corrected chi connectivity index (χ4v) is 3.56. The number of aryl methyl sites for hydroxylation is 1. The zero-order valence-electron chi connectivity index (χ0n) is 17.7. The largest absolute Gasteiger partial charge is 0.454 e. The number of hydrogen-bond acceptors (Lipinski definition) is 8. The topological polar surface area (TPSA) is 126 Å². The Bertz CT molecular complexity index is 1130. The quantitative estimate of drug-likeness (QED) is 0.435. The Hall–Kier alpha value is -3.69. The predicted octanol–water partition coefficient (Wildman–Crippen LogP) is 3.02. The fourth-order valence-electron chi connectivity index (χ4n) is 3.56. The van der Waals surface area contributed by atoms with Gasteiger partial charge in [0.1, 0.15) is 11.3 Å². The van der Waals surface area contributed by atoms with E-state index in [0.29, 0.717) is 36.1 Å². The van der Waals surface area contributed by atoms with Crippen molar-refractivity contribution in [1.82, 2.24) is 19.9 Å². The van der Waals surface area contributed by atoms with Crippen molar-refractivity contribution in [2.75, 3.05) is 24.5 Å². The summed E-state index contributed by atoms with van der Waals surface area (Å²) in [5.74, 6) is 2.20. The van der Waals surface area contributed by atoms with E-state index in [1.54, 1.807) is 6.33 Å². The average molecular weight is 438 g/mol. The summed E-state index contributed by atoms with van der Waals surface area (Å²) in [7, 11) is 0. The minimum Gasteiger partial charge on any atom is -0.454 e. The second-order valence-corrected chi connectivity index (χ2v) is 8.01. The molecule has 10 heteroatoms. The molecule has 2 aromatic heterocycles. The molecule has 3 aromatic rings. The number of ether oxygens (including phenoxy) is 3. The monoisotopic (exact) mass is 438 g/mol. The average Bonchev–Trinajstić information content (AvgIpc) is 3.31. The number of pyridine rings is 1. The number of nitrogens with one attached hydrogen (secondary N) is 2. The summed E-state index contributed by atoms with van der Waals surface area (Å²) < 4.78 is 17.9. The van der Waals surface area contributed by atoms with Crippen LogP contribution in [-0.4, -0.2) is 40.1 Å². The first kappa shape index (κ1) is 20.2. The number of carbonyl (C=O) groups excluding carboxylic acids is 1. The molecule has 0 saturated heterocycles. The number of alkyl carbamates (subject to hydrolysis) is 1. The van der Waals surface area contributed by atoms with Crippen LogP contribution in [0.1, 0.15) is 31.2 Å². The standard InChI is InChI=1S/C22H26N6O4/c23-16-10-19(26-15-4-5-15)27-21-20(16)25-12-28(21)7-1-2-8-30-22(29)24-11-14-3-6-17-18(9-14)32-13-31-17/h3,6,9-10,12,15H,1-2,4-5,7-8,11,13H2,(H,24,29)(H3,23,26,27). The number of anilines is 2. The Balaban J connectivity index is 1.05. The van der Waals surface area contributed by atoms with Gasteiger partial charge in [0.05, 0.1) is 18.6 Å². The number of imidazole rings is 1. The molecule has 1 aliphatic heterocycles. The van der Waals surface area contributed by atoms with Gasteiger partial charge in [0.2, 0.25) is 6.79 Å². The van der Waals surface area contributed by atoms with Crippen molar-refractivity contribution in [1.29, 1.82) is 0 Å². The second kappa shape index (κ2) is 8.81. The van der Waals surface area contributed by atoms with Gasteiger partial charge in [-0.2, -0.15) is 0 Å². The van der Waals surface area contributed by atoms with E-state index in [0.717, 1.165) is 42.2 Å². The van der Waals surface area contributed by atoms with E-state index in [-0.39, 0.29) is 6.79 Å². The van der Waals surface area contributed by atoms with E-state index in [1.165, 1.54) is 12.8 Å². The molecule has 0 bridgehead atoms. The number of fused-ring (bicyclic) bond motifs is 2. The molecule has 4 N–H and O–H groups in total. The first-order chi connectivity index (χ1) is 15.7. The van der Waals surface area contributed by atoms with Crippen LogP contribution in [0.4, 0.5) is 16.3 Å². The molecular weight excluding hydrogens is 412 g/mol. The summed E-state index contributed by atoms with van der Waals surface area (Å²) in [4.78, 5) is 21.0.